The van der Waals surface area contributed by atoms with Crippen molar-refractivity contribution in [1.82, 2.24) is 10.2 Å². The van der Waals surface area contributed by atoms with Crippen molar-refractivity contribution in [3.8, 4) is 0 Å². The predicted molar refractivity (Wildman–Crippen MR) is 74.6 cm³/mol. The number of carbonyl (C=O) groups excluding carboxylic acids is 1. The number of amides is 1. The number of piperidine rings is 1. The Kier molecular flexibility index (Phi) is 8.61. The van der Waals surface area contributed by atoms with Crippen LogP contribution in [0.5, 0.6) is 0 Å². The molecule has 1 aliphatic rings. The van der Waals surface area contributed by atoms with Crippen LogP contribution in [0.2, 0.25) is 0 Å². The van der Waals surface area contributed by atoms with Crippen molar-refractivity contribution in [2.24, 2.45) is 11.8 Å². The van der Waals surface area contributed by atoms with E-state index in [1.807, 2.05) is 7.05 Å². The summed E-state index contributed by atoms with van der Waals surface area (Å²) in [4.78, 5) is 13.9. The normalized spacial score (nSPS) is 17.1. The van der Waals surface area contributed by atoms with E-state index in [1.165, 1.54) is 12.8 Å². The third kappa shape index (κ3) is 5.73. The summed E-state index contributed by atoms with van der Waals surface area (Å²) in [5, 5.41) is 3.08. The Hall–Kier alpha value is -0.280. The van der Waals surface area contributed by atoms with Gasteiger partial charge in [-0.15, -0.1) is 12.4 Å². The average molecular weight is 263 g/mol. The fourth-order valence-corrected chi connectivity index (χ4v) is 2.39. The van der Waals surface area contributed by atoms with Gasteiger partial charge in [-0.25, -0.2) is 0 Å². The highest BCUT2D eigenvalue weighted by atomic mass is 35.5. The molecule has 0 bridgehead atoms. The van der Waals surface area contributed by atoms with Crippen LogP contribution in [-0.4, -0.2) is 37.5 Å². The lowest BCUT2D eigenvalue weighted by molar-refractivity contribution is -0.132. The summed E-state index contributed by atoms with van der Waals surface area (Å²) in [6.45, 7) is 7.46. The first-order valence-electron chi connectivity index (χ1n) is 6.57. The number of carbonyl (C=O) groups is 1. The van der Waals surface area contributed by atoms with Gasteiger partial charge in [0.05, 0.1) is 0 Å². The van der Waals surface area contributed by atoms with Crippen LogP contribution in [0.15, 0.2) is 0 Å². The number of rotatable bonds is 5. The van der Waals surface area contributed by atoms with Crippen molar-refractivity contribution in [3.63, 3.8) is 0 Å². The second kappa shape index (κ2) is 8.76. The van der Waals surface area contributed by atoms with Gasteiger partial charge >= 0.3 is 0 Å². The zero-order chi connectivity index (χ0) is 12.0. The molecular formula is C13H27ClN2O. The third-order valence-corrected chi connectivity index (χ3v) is 3.65. The molecule has 1 amide bonds. The van der Waals surface area contributed by atoms with Gasteiger partial charge in [-0.05, 0) is 44.7 Å². The van der Waals surface area contributed by atoms with Gasteiger partial charge in [0.15, 0.2) is 0 Å². The Bertz CT molecular complexity index is 213. The van der Waals surface area contributed by atoms with Gasteiger partial charge in [0.2, 0.25) is 5.91 Å². The summed E-state index contributed by atoms with van der Waals surface area (Å²) in [6, 6.07) is 0. The first kappa shape index (κ1) is 16.7. The van der Waals surface area contributed by atoms with E-state index in [0.717, 1.165) is 37.9 Å². The van der Waals surface area contributed by atoms with Crippen LogP contribution in [0, 0.1) is 11.8 Å². The maximum absolute atomic E-state index is 11.8. The van der Waals surface area contributed by atoms with Gasteiger partial charge in [-0.1, -0.05) is 13.8 Å². The van der Waals surface area contributed by atoms with Crippen molar-refractivity contribution in [3.05, 3.63) is 0 Å². The topological polar surface area (TPSA) is 32.3 Å². The molecule has 1 N–H and O–H groups in total. The Morgan fingerprint density at radius 1 is 1.35 bits per heavy atom. The first-order valence-corrected chi connectivity index (χ1v) is 6.57. The quantitative estimate of drug-likeness (QED) is 0.771. The number of halogens is 1. The summed E-state index contributed by atoms with van der Waals surface area (Å²) in [7, 11) is 1.93. The molecule has 0 atom stereocenters. The third-order valence-electron chi connectivity index (χ3n) is 3.65. The van der Waals surface area contributed by atoms with Crippen molar-refractivity contribution < 1.29 is 4.79 Å². The Morgan fingerprint density at radius 3 is 2.41 bits per heavy atom. The summed E-state index contributed by atoms with van der Waals surface area (Å²) < 4.78 is 0. The number of hydrogen-bond donors (Lipinski definition) is 1. The first-order chi connectivity index (χ1) is 7.65. The molecule has 1 saturated heterocycles. The minimum absolute atomic E-state index is 0. The number of hydrogen-bond acceptors (Lipinski definition) is 2. The van der Waals surface area contributed by atoms with Crippen LogP contribution in [0.25, 0.3) is 0 Å². The maximum atomic E-state index is 11.8. The molecule has 0 aromatic heterocycles. The molecule has 0 spiro atoms. The molecule has 102 valence electrons. The molecule has 1 fully saturated rings. The summed E-state index contributed by atoms with van der Waals surface area (Å²) >= 11 is 0. The van der Waals surface area contributed by atoms with E-state index in [9.17, 15) is 4.79 Å². The standard InChI is InChI=1S/C13H26N2O.ClH/c1-11(2)12-6-9-15(10-7-12)13(16)5-4-8-14-3;/h11-12,14H,4-10H2,1-3H3;1H. The molecule has 1 rings (SSSR count). The fourth-order valence-electron chi connectivity index (χ4n) is 2.39. The molecule has 0 aliphatic carbocycles. The SMILES string of the molecule is CNCCCC(=O)N1CCC(C(C)C)CC1.Cl. The van der Waals surface area contributed by atoms with Crippen LogP contribution in [0.4, 0.5) is 0 Å². The molecule has 3 nitrogen and oxygen atoms in total. The smallest absolute Gasteiger partial charge is 0.222 e. The van der Waals surface area contributed by atoms with Gasteiger partial charge in [-0.3, -0.25) is 4.79 Å². The highest BCUT2D eigenvalue weighted by Crippen LogP contribution is 2.24. The highest BCUT2D eigenvalue weighted by molar-refractivity contribution is 5.85. The van der Waals surface area contributed by atoms with Gasteiger partial charge in [0.25, 0.3) is 0 Å². The van der Waals surface area contributed by atoms with E-state index in [2.05, 4.69) is 24.1 Å². The lowest BCUT2D eigenvalue weighted by atomic mass is 9.86. The zero-order valence-electron chi connectivity index (χ0n) is 11.4. The van der Waals surface area contributed by atoms with E-state index < -0.39 is 0 Å². The van der Waals surface area contributed by atoms with Gasteiger partial charge < -0.3 is 10.2 Å². The van der Waals surface area contributed by atoms with Crippen LogP contribution < -0.4 is 5.32 Å². The average Bonchev–Trinajstić information content (AvgIpc) is 2.29. The Balaban J connectivity index is 0.00000256. The van der Waals surface area contributed by atoms with Crippen LogP contribution in [-0.2, 0) is 4.79 Å². The van der Waals surface area contributed by atoms with Crippen LogP contribution >= 0.6 is 12.4 Å². The molecule has 0 unspecified atom stereocenters. The zero-order valence-corrected chi connectivity index (χ0v) is 12.2. The maximum Gasteiger partial charge on any atom is 0.222 e. The molecule has 17 heavy (non-hydrogen) atoms. The van der Waals surface area contributed by atoms with E-state index in [0.29, 0.717) is 12.3 Å². The molecule has 1 heterocycles. The van der Waals surface area contributed by atoms with Crippen molar-refractivity contribution in [2.75, 3.05) is 26.7 Å². The van der Waals surface area contributed by atoms with Crippen LogP contribution in [0.3, 0.4) is 0 Å². The second-order valence-electron chi connectivity index (χ2n) is 5.17. The van der Waals surface area contributed by atoms with Crippen molar-refractivity contribution in [2.45, 2.75) is 39.5 Å². The molecule has 0 radical (unpaired) electrons. The summed E-state index contributed by atoms with van der Waals surface area (Å²) in [6.07, 6.45) is 4.04. The fraction of sp³-hybridized carbons (Fsp3) is 0.923. The van der Waals surface area contributed by atoms with Crippen molar-refractivity contribution in [1.29, 1.82) is 0 Å². The predicted octanol–water partition coefficient (Wildman–Crippen LogP) is 2.30. The van der Waals surface area contributed by atoms with E-state index >= 15 is 0 Å². The van der Waals surface area contributed by atoms with Crippen molar-refractivity contribution >= 4 is 18.3 Å². The van der Waals surface area contributed by atoms with E-state index in [4.69, 9.17) is 0 Å². The monoisotopic (exact) mass is 262 g/mol. The molecule has 4 heteroatoms. The van der Waals surface area contributed by atoms with Gasteiger partial charge in [0, 0.05) is 19.5 Å². The molecular weight excluding hydrogens is 236 g/mol. The number of nitrogens with zero attached hydrogens (tertiary/aromatic N) is 1. The lowest BCUT2D eigenvalue weighted by Gasteiger charge is -2.34. The highest BCUT2D eigenvalue weighted by Gasteiger charge is 2.23. The molecule has 0 aromatic carbocycles. The molecule has 0 saturated carbocycles. The number of nitrogens with one attached hydrogen (secondary N) is 1. The minimum atomic E-state index is 0. The van der Waals surface area contributed by atoms with Gasteiger partial charge in [0.1, 0.15) is 0 Å². The van der Waals surface area contributed by atoms with Crippen LogP contribution in [0.1, 0.15) is 39.5 Å². The van der Waals surface area contributed by atoms with E-state index in [-0.39, 0.29) is 12.4 Å². The largest absolute Gasteiger partial charge is 0.343 e. The second-order valence-corrected chi connectivity index (χ2v) is 5.17. The molecule has 0 aromatic rings. The minimum Gasteiger partial charge on any atom is -0.343 e. The number of likely N-dealkylation sites (tertiary alicyclic amines) is 1. The summed E-state index contributed by atoms with van der Waals surface area (Å²) in [5.41, 5.74) is 0. The van der Waals surface area contributed by atoms with E-state index in [1.54, 1.807) is 0 Å². The Morgan fingerprint density at radius 2 is 1.94 bits per heavy atom. The van der Waals surface area contributed by atoms with Gasteiger partial charge in [-0.2, -0.15) is 0 Å². The Labute approximate surface area is 112 Å². The lowest BCUT2D eigenvalue weighted by Crippen LogP contribution is -2.39. The molecule has 1 aliphatic heterocycles. The summed E-state index contributed by atoms with van der Waals surface area (Å²) in [5.74, 6) is 1.93.